The number of anilines is 1. The van der Waals surface area contributed by atoms with E-state index in [1.54, 1.807) is 0 Å². The number of allylic oxidation sites excluding steroid dienone is 1. The van der Waals surface area contributed by atoms with Gasteiger partial charge in [0.1, 0.15) is 5.82 Å². The van der Waals surface area contributed by atoms with Crippen LogP contribution in [0.3, 0.4) is 0 Å². The van der Waals surface area contributed by atoms with Crippen LogP contribution in [0.1, 0.15) is 104 Å². The van der Waals surface area contributed by atoms with E-state index < -0.39 is 0 Å². The highest BCUT2D eigenvalue weighted by Gasteiger charge is 2.41. The summed E-state index contributed by atoms with van der Waals surface area (Å²) in [6.45, 7) is 17.8. The average molecular weight is 560 g/mol. The first kappa shape index (κ1) is 29.8. The third-order valence-corrected chi connectivity index (χ3v) is 9.95. The zero-order chi connectivity index (χ0) is 29.1. The Kier molecular flexibility index (Phi) is 9.25. The van der Waals surface area contributed by atoms with E-state index >= 15 is 0 Å². The maximum Gasteiger partial charge on any atom is 0.233 e. The maximum absolute atomic E-state index is 6.16. The molecule has 2 unspecified atom stereocenters. The summed E-state index contributed by atoms with van der Waals surface area (Å²) >= 11 is 0. The summed E-state index contributed by atoms with van der Waals surface area (Å²) in [4.78, 5) is 12.5. The number of hydrogen-bond donors (Lipinski definition) is 0. The summed E-state index contributed by atoms with van der Waals surface area (Å²) in [7, 11) is 1.89. The van der Waals surface area contributed by atoms with Crippen molar-refractivity contribution in [1.82, 2.24) is 14.8 Å². The fraction of sp³-hybridized carbons (Fsp3) is 0.686. The first-order valence-electron chi connectivity index (χ1n) is 16.4. The summed E-state index contributed by atoms with van der Waals surface area (Å²) in [5.41, 5.74) is 3.13. The highest BCUT2D eigenvalue weighted by atomic mass is 16.5. The molecule has 6 nitrogen and oxygen atoms in total. The van der Waals surface area contributed by atoms with Crippen LogP contribution < -0.4 is 9.64 Å². The summed E-state index contributed by atoms with van der Waals surface area (Å²) in [5, 5.41) is 4.79. The van der Waals surface area contributed by atoms with Gasteiger partial charge in [-0.3, -0.25) is 4.99 Å². The Bertz CT molecular complexity index is 1210. The van der Waals surface area contributed by atoms with Crippen LogP contribution in [0.25, 0.3) is 11.4 Å². The van der Waals surface area contributed by atoms with Gasteiger partial charge in [-0.2, -0.15) is 0 Å². The fourth-order valence-electron chi connectivity index (χ4n) is 7.15. The zero-order valence-corrected chi connectivity index (χ0v) is 26.5. The molecule has 1 aliphatic heterocycles. The molecule has 41 heavy (non-hydrogen) atoms. The van der Waals surface area contributed by atoms with E-state index in [0.29, 0.717) is 17.7 Å². The van der Waals surface area contributed by atoms with Gasteiger partial charge in [-0.1, -0.05) is 40.2 Å². The molecule has 2 aliphatic carbocycles. The van der Waals surface area contributed by atoms with Gasteiger partial charge in [0.2, 0.25) is 5.88 Å². The van der Waals surface area contributed by atoms with Crippen molar-refractivity contribution in [1.29, 1.82) is 0 Å². The third kappa shape index (κ3) is 6.89. The maximum atomic E-state index is 6.16. The van der Waals surface area contributed by atoms with Crippen LogP contribution in [0.15, 0.2) is 36.0 Å². The lowest BCUT2D eigenvalue weighted by molar-refractivity contribution is 0.243. The van der Waals surface area contributed by atoms with E-state index in [-0.39, 0.29) is 5.54 Å². The summed E-state index contributed by atoms with van der Waals surface area (Å²) in [6.07, 6.45) is 14.8. The molecule has 0 bridgehead atoms. The molecule has 0 N–H and O–H groups in total. The second-order valence-corrected chi connectivity index (χ2v) is 13.6. The van der Waals surface area contributed by atoms with Gasteiger partial charge in [0.15, 0.2) is 5.82 Å². The molecule has 6 heteroatoms. The van der Waals surface area contributed by atoms with E-state index in [4.69, 9.17) is 14.8 Å². The van der Waals surface area contributed by atoms with Crippen molar-refractivity contribution in [2.75, 3.05) is 25.1 Å². The lowest BCUT2D eigenvalue weighted by Gasteiger charge is -2.34. The molecule has 2 atom stereocenters. The summed E-state index contributed by atoms with van der Waals surface area (Å²) in [6, 6.07) is 6.22. The van der Waals surface area contributed by atoms with Crippen LogP contribution in [-0.2, 0) is 0 Å². The minimum absolute atomic E-state index is 0.0109. The molecule has 3 aliphatic rings. The van der Waals surface area contributed by atoms with Crippen LogP contribution in [-0.4, -0.2) is 46.2 Å². The molecule has 3 heterocycles. The minimum Gasteiger partial charge on any atom is -0.477 e. The number of aliphatic imine (C=N–C) groups is 1. The highest BCUT2D eigenvalue weighted by Crippen LogP contribution is 2.50. The number of hydrogen-bond acceptors (Lipinski definition) is 5. The Hall–Kier alpha value is -2.63. The van der Waals surface area contributed by atoms with E-state index in [0.717, 1.165) is 72.2 Å². The summed E-state index contributed by atoms with van der Waals surface area (Å²) < 4.78 is 8.02. The molecule has 3 fully saturated rings. The molecular formula is C35H53N5O. The number of aromatic nitrogens is 3. The van der Waals surface area contributed by atoms with Crippen molar-refractivity contribution >= 4 is 17.1 Å². The van der Waals surface area contributed by atoms with Crippen LogP contribution in [0.2, 0.25) is 0 Å². The normalized spacial score (nSPS) is 21.5. The average Bonchev–Trinajstić information content (AvgIpc) is 3.90. The highest BCUT2D eigenvalue weighted by molar-refractivity contribution is 6.25. The number of unbranched alkanes of at least 4 members (excludes halogenated alkanes) is 1. The molecule has 2 aromatic rings. The second-order valence-electron chi connectivity index (χ2n) is 13.6. The molecule has 224 valence electrons. The minimum atomic E-state index is 0.0109. The molecule has 5 rings (SSSR count). The van der Waals surface area contributed by atoms with Gasteiger partial charge in [-0.05, 0) is 113 Å². The van der Waals surface area contributed by atoms with Gasteiger partial charge in [0.25, 0.3) is 0 Å². The van der Waals surface area contributed by atoms with Crippen molar-refractivity contribution in [3.8, 4) is 11.7 Å². The van der Waals surface area contributed by atoms with Gasteiger partial charge in [-0.15, -0.1) is 5.10 Å². The molecule has 2 saturated carbocycles. The third-order valence-electron chi connectivity index (χ3n) is 9.95. The molecular weight excluding hydrogens is 506 g/mol. The molecule has 2 aromatic heterocycles. The predicted octanol–water partition coefficient (Wildman–Crippen LogP) is 8.40. The topological polar surface area (TPSA) is 55.5 Å². The van der Waals surface area contributed by atoms with Crippen molar-refractivity contribution in [2.45, 2.75) is 104 Å². The van der Waals surface area contributed by atoms with Crippen LogP contribution in [0.4, 0.5) is 5.82 Å². The Morgan fingerprint density at radius 2 is 1.88 bits per heavy atom. The lowest BCUT2D eigenvalue weighted by Crippen LogP contribution is -2.39. The van der Waals surface area contributed by atoms with E-state index in [2.05, 4.69) is 63.2 Å². The SMILES string of the molecule is C=C(/C(=N/C)C(C)CC)c1ccc(-n2ccc(OCCC(C3CC3)C3CC3)n2)nc1N1CC(CCCC)CC1(C)C. The van der Waals surface area contributed by atoms with Crippen LogP contribution in [0.5, 0.6) is 5.88 Å². The second kappa shape index (κ2) is 12.7. The first-order chi connectivity index (χ1) is 19.7. The molecule has 0 spiro atoms. The number of rotatable bonds is 15. The van der Waals surface area contributed by atoms with E-state index in [1.807, 2.05) is 24.0 Å². The van der Waals surface area contributed by atoms with Crippen molar-refractivity contribution < 1.29 is 4.74 Å². The standard InChI is InChI=1S/C35H53N5O/c1-8-10-11-26-22-35(5,6)39(23-26)34-29(25(4)33(36-7)24(3)9-2)16-17-31(37-34)40-20-18-32(38-40)41-21-19-30(27-12-13-27)28-14-15-28/h16-18,20,24,26-28,30H,4,8-15,19,21-23H2,1-3,5-7H3/b36-33+. The molecule has 0 radical (unpaired) electrons. The molecule has 1 saturated heterocycles. The summed E-state index contributed by atoms with van der Waals surface area (Å²) in [5.74, 6) is 6.27. The Morgan fingerprint density at radius 3 is 2.51 bits per heavy atom. The van der Waals surface area contributed by atoms with Crippen molar-refractivity contribution in [3.63, 3.8) is 0 Å². The quantitative estimate of drug-likeness (QED) is 0.206. The lowest BCUT2D eigenvalue weighted by atomic mass is 9.91. The number of pyridine rings is 1. The van der Waals surface area contributed by atoms with Gasteiger partial charge in [-0.25, -0.2) is 9.67 Å². The van der Waals surface area contributed by atoms with Crippen LogP contribution >= 0.6 is 0 Å². The van der Waals surface area contributed by atoms with E-state index in [9.17, 15) is 0 Å². The Balaban J connectivity index is 1.39. The van der Waals surface area contributed by atoms with Gasteiger partial charge in [0.05, 0.1) is 6.61 Å². The van der Waals surface area contributed by atoms with Crippen molar-refractivity contribution in [2.24, 2.45) is 34.6 Å². The van der Waals surface area contributed by atoms with Crippen molar-refractivity contribution in [3.05, 3.63) is 36.5 Å². The Morgan fingerprint density at radius 1 is 1.15 bits per heavy atom. The zero-order valence-electron chi connectivity index (χ0n) is 26.5. The monoisotopic (exact) mass is 559 g/mol. The largest absolute Gasteiger partial charge is 0.477 e. The molecule has 0 aromatic carbocycles. The Labute approximate surface area is 248 Å². The predicted molar refractivity (Wildman–Crippen MR) is 171 cm³/mol. The van der Waals surface area contributed by atoms with Crippen LogP contribution in [0, 0.1) is 29.6 Å². The smallest absolute Gasteiger partial charge is 0.233 e. The van der Waals surface area contributed by atoms with Gasteiger partial charge in [0, 0.05) is 42.7 Å². The van der Waals surface area contributed by atoms with Gasteiger partial charge >= 0.3 is 0 Å². The fourth-order valence-corrected chi connectivity index (χ4v) is 7.15. The number of nitrogens with zero attached hydrogens (tertiary/aromatic N) is 5. The number of ether oxygens (including phenoxy) is 1. The van der Waals surface area contributed by atoms with Gasteiger partial charge < -0.3 is 9.64 Å². The molecule has 0 amide bonds. The van der Waals surface area contributed by atoms with E-state index in [1.165, 1.54) is 51.4 Å². The first-order valence-corrected chi connectivity index (χ1v) is 16.4.